The summed E-state index contributed by atoms with van der Waals surface area (Å²) in [5.74, 6) is -0.817. The molecule has 4 aromatic rings. The number of fused-ring (bicyclic) bond motifs is 3. The van der Waals surface area contributed by atoms with E-state index in [0.29, 0.717) is 5.56 Å². The van der Waals surface area contributed by atoms with Crippen LogP contribution in [0.15, 0.2) is 108 Å². The highest BCUT2D eigenvalue weighted by Crippen LogP contribution is 2.44. The maximum atomic E-state index is 12.8. The first-order valence-corrected chi connectivity index (χ1v) is 15.5. The number of carbonyl (C=O) groups excluding carboxylic acids is 2. The van der Waals surface area contributed by atoms with Gasteiger partial charge in [-0.25, -0.2) is 4.79 Å². The maximum absolute atomic E-state index is 12.8. The van der Waals surface area contributed by atoms with E-state index >= 15 is 0 Å². The van der Waals surface area contributed by atoms with Crippen LogP contribution in [0, 0.1) is 0 Å². The van der Waals surface area contributed by atoms with Gasteiger partial charge in [0.1, 0.15) is 17.3 Å². The van der Waals surface area contributed by atoms with Crippen molar-refractivity contribution in [3.8, 4) is 16.9 Å². The lowest BCUT2D eigenvalue weighted by atomic mass is 9.95. The van der Waals surface area contributed by atoms with E-state index in [4.69, 9.17) is 13.7 Å². The number of hydrogen-bond acceptors (Lipinski definition) is 7. The summed E-state index contributed by atoms with van der Waals surface area (Å²) in [6.45, 7) is 3.80. The average molecular weight is 600 g/mol. The molecule has 1 amide bonds. The zero-order valence-electron chi connectivity index (χ0n) is 23.9. The van der Waals surface area contributed by atoms with Gasteiger partial charge in [-0.3, -0.25) is 4.79 Å². The number of hydrogen-bond donors (Lipinski definition) is 1. The molecule has 0 fully saturated rings. The van der Waals surface area contributed by atoms with E-state index in [2.05, 4.69) is 29.6 Å². The second-order valence-electron chi connectivity index (χ2n) is 10.6. The minimum absolute atomic E-state index is 0.00432. The second-order valence-corrected chi connectivity index (χ2v) is 12.1. The third kappa shape index (κ3) is 7.24. The molecular weight excluding hydrogens is 566 g/mol. The van der Waals surface area contributed by atoms with Crippen LogP contribution in [-0.4, -0.2) is 39.7 Å². The molecule has 1 aliphatic carbocycles. The van der Waals surface area contributed by atoms with Crippen LogP contribution in [0.4, 0.5) is 4.79 Å². The monoisotopic (exact) mass is 599 g/mol. The van der Waals surface area contributed by atoms with E-state index < -0.39 is 28.1 Å². The van der Waals surface area contributed by atoms with Crippen molar-refractivity contribution in [1.29, 1.82) is 0 Å². The number of carbonyl (C=O) groups is 2. The van der Waals surface area contributed by atoms with E-state index in [9.17, 15) is 18.0 Å². The summed E-state index contributed by atoms with van der Waals surface area (Å²) in [6, 6.07) is 30.4. The Morgan fingerprint density at radius 3 is 1.98 bits per heavy atom. The van der Waals surface area contributed by atoms with Crippen molar-refractivity contribution < 1.29 is 31.7 Å². The fourth-order valence-electron chi connectivity index (χ4n) is 5.23. The van der Waals surface area contributed by atoms with E-state index in [1.165, 1.54) is 24.3 Å². The first-order chi connectivity index (χ1) is 20.7. The average Bonchev–Trinajstić information content (AvgIpc) is 3.32. The van der Waals surface area contributed by atoms with Gasteiger partial charge in [0, 0.05) is 18.4 Å². The zero-order chi connectivity index (χ0) is 30.4. The van der Waals surface area contributed by atoms with Crippen LogP contribution in [0.3, 0.4) is 0 Å². The minimum Gasteiger partial charge on any atom is -0.463 e. The van der Waals surface area contributed by atoms with Crippen LogP contribution < -0.4 is 9.50 Å². The van der Waals surface area contributed by atoms with Gasteiger partial charge in [0.2, 0.25) is 0 Å². The number of amides is 1. The number of esters is 1. The van der Waals surface area contributed by atoms with Crippen molar-refractivity contribution >= 4 is 22.2 Å². The molecule has 0 spiro atoms. The summed E-state index contributed by atoms with van der Waals surface area (Å²) in [4.78, 5) is 25.4. The fourth-order valence-corrected chi connectivity index (χ4v) is 6.18. The van der Waals surface area contributed by atoms with Gasteiger partial charge in [-0.2, -0.15) is 8.42 Å². The molecule has 4 aromatic carbocycles. The van der Waals surface area contributed by atoms with Crippen LogP contribution in [0.25, 0.3) is 11.1 Å². The minimum atomic E-state index is -4.00. The van der Waals surface area contributed by atoms with E-state index in [1.807, 2.05) is 24.3 Å². The Hall–Kier alpha value is -4.63. The molecule has 1 unspecified atom stereocenters. The fraction of sp³-hybridized carbons (Fsp3) is 0.235. The van der Waals surface area contributed by atoms with Crippen molar-refractivity contribution in [2.75, 3.05) is 13.2 Å². The summed E-state index contributed by atoms with van der Waals surface area (Å²) < 4.78 is 41.5. The largest absolute Gasteiger partial charge is 0.463 e. The lowest BCUT2D eigenvalue weighted by Gasteiger charge is -2.20. The molecule has 1 atom stereocenters. The van der Waals surface area contributed by atoms with Gasteiger partial charge >= 0.3 is 22.2 Å². The number of benzene rings is 4. The summed E-state index contributed by atoms with van der Waals surface area (Å²) >= 11 is 0. The van der Waals surface area contributed by atoms with E-state index in [1.54, 1.807) is 44.2 Å². The molecule has 0 aromatic heterocycles. The summed E-state index contributed by atoms with van der Waals surface area (Å²) in [5.41, 5.74) is 5.20. The highest BCUT2D eigenvalue weighted by atomic mass is 32.2. The maximum Gasteiger partial charge on any atom is 0.407 e. The second kappa shape index (κ2) is 13.1. The summed E-state index contributed by atoms with van der Waals surface area (Å²) in [5, 5.41) is 2.79. The smallest absolute Gasteiger partial charge is 0.407 e. The molecule has 0 saturated heterocycles. The van der Waals surface area contributed by atoms with Crippen LogP contribution in [-0.2, 0) is 24.4 Å². The predicted octanol–water partition coefficient (Wildman–Crippen LogP) is 6.42. The lowest BCUT2D eigenvalue weighted by Crippen LogP contribution is -2.31. The standard InChI is InChI=1S/C34H33NO7S/c1-23(2)41-33(36)20-25(24-16-18-26(19-17-24)42-43(38,39)27-10-4-3-5-11-27)21-35-34(37)40-22-32-30-14-8-6-12-28(30)29-13-7-9-15-31(29)32/h3-19,23,25,32H,20-22H2,1-2H3,(H,35,37). The Balaban J connectivity index is 1.24. The predicted molar refractivity (Wildman–Crippen MR) is 162 cm³/mol. The van der Waals surface area contributed by atoms with Crippen LogP contribution in [0.5, 0.6) is 5.75 Å². The molecule has 8 nitrogen and oxygen atoms in total. The quantitative estimate of drug-likeness (QED) is 0.157. The van der Waals surface area contributed by atoms with Crippen molar-refractivity contribution in [3.63, 3.8) is 0 Å². The van der Waals surface area contributed by atoms with Gasteiger partial charge in [0.05, 0.1) is 12.5 Å². The summed E-state index contributed by atoms with van der Waals surface area (Å²) in [6.07, 6.45) is -0.884. The van der Waals surface area contributed by atoms with Crippen LogP contribution >= 0.6 is 0 Å². The molecule has 43 heavy (non-hydrogen) atoms. The molecular formula is C34H33NO7S. The SMILES string of the molecule is CC(C)OC(=O)CC(CNC(=O)OCC1c2ccccc2-c2ccccc21)c1ccc(OS(=O)(=O)c2ccccc2)cc1. The Morgan fingerprint density at radius 2 is 1.37 bits per heavy atom. The van der Waals surface area contributed by atoms with Gasteiger partial charge in [0.25, 0.3) is 0 Å². The molecule has 1 aliphatic rings. The first kappa shape index (κ1) is 29.8. The number of rotatable bonds is 11. The molecule has 0 saturated carbocycles. The Labute approximate surface area is 251 Å². The van der Waals surface area contributed by atoms with E-state index in [0.717, 1.165) is 22.3 Å². The molecule has 0 heterocycles. The first-order valence-electron chi connectivity index (χ1n) is 14.1. The van der Waals surface area contributed by atoms with Crippen molar-refractivity contribution in [2.45, 2.75) is 43.1 Å². The van der Waals surface area contributed by atoms with Crippen molar-refractivity contribution in [3.05, 3.63) is 120 Å². The highest BCUT2D eigenvalue weighted by Gasteiger charge is 2.29. The third-order valence-corrected chi connectivity index (χ3v) is 8.47. The molecule has 5 rings (SSSR count). The lowest BCUT2D eigenvalue weighted by molar-refractivity contribution is -0.147. The van der Waals surface area contributed by atoms with Gasteiger partial charge < -0.3 is 19.0 Å². The Bertz CT molecular complexity index is 1640. The Morgan fingerprint density at radius 1 is 0.791 bits per heavy atom. The molecule has 9 heteroatoms. The van der Waals surface area contributed by atoms with Crippen molar-refractivity contribution in [1.82, 2.24) is 5.32 Å². The van der Waals surface area contributed by atoms with Gasteiger partial charge in [0.15, 0.2) is 0 Å². The van der Waals surface area contributed by atoms with Crippen LogP contribution in [0.2, 0.25) is 0 Å². The molecule has 0 aliphatic heterocycles. The van der Waals surface area contributed by atoms with E-state index in [-0.39, 0.29) is 42.2 Å². The highest BCUT2D eigenvalue weighted by molar-refractivity contribution is 7.87. The van der Waals surface area contributed by atoms with Gasteiger partial charge in [-0.1, -0.05) is 78.9 Å². The molecule has 1 N–H and O–H groups in total. The van der Waals surface area contributed by atoms with Gasteiger partial charge in [-0.05, 0) is 65.9 Å². The van der Waals surface area contributed by atoms with Gasteiger partial charge in [-0.15, -0.1) is 0 Å². The zero-order valence-corrected chi connectivity index (χ0v) is 24.8. The summed E-state index contributed by atoms with van der Waals surface area (Å²) in [7, 11) is -4.00. The molecule has 0 radical (unpaired) electrons. The van der Waals surface area contributed by atoms with Crippen LogP contribution in [0.1, 0.15) is 48.8 Å². The number of alkyl carbamates (subject to hydrolysis) is 1. The molecule has 0 bridgehead atoms. The normalized spacial score (nSPS) is 13.1. The third-order valence-electron chi connectivity index (χ3n) is 7.21. The van der Waals surface area contributed by atoms with Crippen molar-refractivity contribution in [2.24, 2.45) is 0 Å². The number of nitrogens with one attached hydrogen (secondary N) is 1. The molecule has 222 valence electrons. The number of ether oxygens (including phenoxy) is 2. The topological polar surface area (TPSA) is 108 Å². The Kier molecular flexibility index (Phi) is 9.11.